The van der Waals surface area contributed by atoms with E-state index in [1.54, 1.807) is 0 Å². The molecule has 176 valence electrons. The van der Waals surface area contributed by atoms with Crippen LogP contribution in [0.3, 0.4) is 0 Å². The SMILES string of the molecule is C=c1sc(C(C)(CC/C=C\C)c2ccccc2)c/c1=C\c1ccc(CC(CC)CCCC)s1. The van der Waals surface area contributed by atoms with Crippen molar-refractivity contribution in [2.45, 2.75) is 78.1 Å². The molecule has 0 radical (unpaired) electrons. The average molecular weight is 477 g/mol. The van der Waals surface area contributed by atoms with Crippen molar-refractivity contribution in [3.63, 3.8) is 0 Å². The summed E-state index contributed by atoms with van der Waals surface area (Å²) in [6.07, 6.45) is 15.5. The maximum atomic E-state index is 4.42. The third kappa shape index (κ3) is 6.80. The molecule has 0 saturated carbocycles. The first-order valence-corrected chi connectivity index (χ1v) is 14.2. The standard InChI is InChI=1S/C31H40S2/c1-6-9-14-20-31(5,27-16-12-11-13-17-27)30-23-26(24(4)32-30)22-29-19-18-28(33-29)21-25(8-3)15-10-7-2/h6,9,11-13,16-19,22-23,25H,4,7-8,10,14-15,20-21H2,1-3,5H3/b9-6-,26-22+. The smallest absolute Gasteiger partial charge is 0.0279 e. The lowest BCUT2D eigenvalue weighted by atomic mass is 9.77. The molecular weight excluding hydrogens is 436 g/mol. The molecule has 0 amide bonds. The Hall–Kier alpha value is -1.90. The highest BCUT2D eigenvalue weighted by Gasteiger charge is 2.29. The van der Waals surface area contributed by atoms with Gasteiger partial charge in [-0.15, -0.1) is 22.7 Å². The number of unbranched alkanes of at least 4 members (excludes halogenated alkanes) is 1. The van der Waals surface area contributed by atoms with Crippen molar-refractivity contribution in [1.82, 2.24) is 0 Å². The third-order valence-corrected chi connectivity index (χ3v) is 9.18. The molecule has 0 aliphatic rings. The van der Waals surface area contributed by atoms with Gasteiger partial charge in [0.1, 0.15) is 0 Å². The first-order chi connectivity index (χ1) is 16.0. The van der Waals surface area contributed by atoms with Gasteiger partial charge in [-0.25, -0.2) is 0 Å². The van der Waals surface area contributed by atoms with E-state index in [1.165, 1.54) is 62.0 Å². The summed E-state index contributed by atoms with van der Waals surface area (Å²) in [7, 11) is 0. The molecule has 0 aliphatic heterocycles. The molecule has 0 spiro atoms. The van der Waals surface area contributed by atoms with Gasteiger partial charge >= 0.3 is 0 Å². The minimum Gasteiger partial charge on any atom is -0.141 e. The molecule has 0 bridgehead atoms. The molecule has 0 N–H and O–H groups in total. The van der Waals surface area contributed by atoms with Gasteiger partial charge < -0.3 is 0 Å². The van der Waals surface area contributed by atoms with Crippen molar-refractivity contribution in [2.75, 3.05) is 0 Å². The molecule has 0 saturated heterocycles. The van der Waals surface area contributed by atoms with E-state index in [4.69, 9.17) is 0 Å². The van der Waals surface area contributed by atoms with Crippen LogP contribution < -0.4 is 9.75 Å². The van der Waals surface area contributed by atoms with Crippen molar-refractivity contribution in [2.24, 2.45) is 5.92 Å². The Kier molecular flexibility index (Phi) is 9.77. The molecule has 1 aromatic carbocycles. The maximum absolute atomic E-state index is 4.42. The van der Waals surface area contributed by atoms with Crippen molar-refractivity contribution in [3.8, 4) is 0 Å². The van der Waals surface area contributed by atoms with Crippen LogP contribution in [-0.4, -0.2) is 0 Å². The molecule has 0 fully saturated rings. The Morgan fingerprint density at radius 2 is 1.85 bits per heavy atom. The summed E-state index contributed by atoms with van der Waals surface area (Å²) in [6, 6.07) is 18.0. The normalized spacial score (nSPS) is 15.2. The van der Waals surface area contributed by atoms with Crippen LogP contribution in [0, 0.1) is 5.92 Å². The van der Waals surface area contributed by atoms with Gasteiger partial charge in [0.15, 0.2) is 0 Å². The second-order valence-corrected chi connectivity index (χ2v) is 11.7. The Bertz CT molecular complexity index is 1120. The van der Waals surface area contributed by atoms with Gasteiger partial charge in [0.05, 0.1) is 0 Å². The lowest BCUT2D eigenvalue weighted by Crippen LogP contribution is -2.22. The predicted octanol–water partition coefficient (Wildman–Crippen LogP) is 8.47. The van der Waals surface area contributed by atoms with Gasteiger partial charge in [-0.2, -0.15) is 0 Å². The highest BCUT2D eigenvalue weighted by molar-refractivity contribution is 7.13. The first-order valence-electron chi connectivity index (χ1n) is 12.6. The lowest BCUT2D eigenvalue weighted by Gasteiger charge is -2.29. The van der Waals surface area contributed by atoms with Crippen LogP contribution in [0.2, 0.25) is 0 Å². The number of benzene rings is 1. The summed E-state index contributed by atoms with van der Waals surface area (Å²) in [5.41, 5.74) is 1.39. The van der Waals surface area contributed by atoms with Crippen LogP contribution in [0.15, 0.2) is 60.7 Å². The van der Waals surface area contributed by atoms with E-state index < -0.39 is 0 Å². The molecule has 2 heteroatoms. The molecule has 2 unspecified atom stereocenters. The monoisotopic (exact) mass is 476 g/mol. The molecule has 0 nitrogen and oxygen atoms in total. The van der Waals surface area contributed by atoms with E-state index in [0.717, 1.165) is 18.8 Å². The summed E-state index contributed by atoms with van der Waals surface area (Å²) < 4.78 is 1.17. The summed E-state index contributed by atoms with van der Waals surface area (Å²) in [6.45, 7) is 13.5. The fraction of sp³-hybridized carbons (Fsp3) is 0.419. The Balaban J connectivity index is 1.88. The second-order valence-electron chi connectivity index (χ2n) is 9.36. The van der Waals surface area contributed by atoms with Crippen LogP contribution >= 0.6 is 22.7 Å². The van der Waals surface area contributed by atoms with Gasteiger partial charge in [0, 0.05) is 24.6 Å². The summed E-state index contributed by atoms with van der Waals surface area (Å²) in [4.78, 5) is 4.28. The number of allylic oxidation sites excluding steroid dienone is 2. The summed E-state index contributed by atoms with van der Waals surface area (Å²) >= 11 is 3.82. The molecule has 3 aromatic rings. The van der Waals surface area contributed by atoms with E-state index in [1.807, 2.05) is 22.7 Å². The van der Waals surface area contributed by atoms with Gasteiger partial charge in [-0.05, 0) is 67.2 Å². The highest BCUT2D eigenvalue weighted by Crippen LogP contribution is 2.37. The minimum atomic E-state index is -0.00178. The van der Waals surface area contributed by atoms with Crippen LogP contribution in [-0.2, 0) is 11.8 Å². The third-order valence-electron chi connectivity index (χ3n) is 6.86. The number of hydrogen-bond donors (Lipinski definition) is 0. The zero-order valence-electron chi connectivity index (χ0n) is 20.9. The predicted molar refractivity (Wildman–Crippen MR) is 151 cm³/mol. The van der Waals surface area contributed by atoms with Crippen LogP contribution in [0.4, 0.5) is 0 Å². The molecule has 0 aliphatic carbocycles. The Morgan fingerprint density at radius 1 is 1.06 bits per heavy atom. The number of rotatable bonds is 12. The Morgan fingerprint density at radius 3 is 2.55 bits per heavy atom. The second kappa shape index (κ2) is 12.5. The molecule has 2 atom stereocenters. The molecule has 2 heterocycles. The lowest BCUT2D eigenvalue weighted by molar-refractivity contribution is 0.452. The van der Waals surface area contributed by atoms with E-state index in [9.17, 15) is 0 Å². The zero-order valence-corrected chi connectivity index (χ0v) is 22.5. The molecule has 33 heavy (non-hydrogen) atoms. The van der Waals surface area contributed by atoms with Crippen molar-refractivity contribution in [3.05, 3.63) is 90.6 Å². The first kappa shape index (κ1) is 25.7. The Labute approximate surface area is 209 Å². The van der Waals surface area contributed by atoms with Gasteiger partial charge in [0.2, 0.25) is 0 Å². The fourth-order valence-electron chi connectivity index (χ4n) is 4.55. The van der Waals surface area contributed by atoms with Crippen molar-refractivity contribution < 1.29 is 0 Å². The van der Waals surface area contributed by atoms with E-state index in [2.05, 4.69) is 101 Å². The van der Waals surface area contributed by atoms with Crippen molar-refractivity contribution in [1.29, 1.82) is 0 Å². The summed E-state index contributed by atoms with van der Waals surface area (Å²) in [5.74, 6) is 0.816. The van der Waals surface area contributed by atoms with E-state index >= 15 is 0 Å². The molecule has 2 aromatic heterocycles. The van der Waals surface area contributed by atoms with Gasteiger partial charge in [-0.3, -0.25) is 0 Å². The van der Waals surface area contributed by atoms with Crippen LogP contribution in [0.25, 0.3) is 12.7 Å². The fourth-order valence-corrected chi connectivity index (χ4v) is 6.77. The van der Waals surface area contributed by atoms with E-state index in [0.29, 0.717) is 0 Å². The van der Waals surface area contributed by atoms with Crippen LogP contribution in [0.5, 0.6) is 0 Å². The largest absolute Gasteiger partial charge is 0.141 e. The summed E-state index contributed by atoms with van der Waals surface area (Å²) in [5, 5.41) is 1.27. The maximum Gasteiger partial charge on any atom is 0.0279 e. The topological polar surface area (TPSA) is 0 Å². The average Bonchev–Trinajstić information content (AvgIpc) is 3.43. The van der Waals surface area contributed by atoms with E-state index in [-0.39, 0.29) is 5.41 Å². The minimum absolute atomic E-state index is 0.00178. The van der Waals surface area contributed by atoms with Crippen LogP contribution in [0.1, 0.15) is 86.4 Å². The molecule has 3 rings (SSSR count). The highest BCUT2D eigenvalue weighted by atomic mass is 32.1. The van der Waals surface area contributed by atoms with Crippen molar-refractivity contribution >= 4 is 35.3 Å². The zero-order chi connectivity index (χ0) is 23.7. The molecular formula is C31H40S2. The quantitative estimate of drug-likeness (QED) is 0.230. The number of thiophene rings is 2. The number of hydrogen-bond acceptors (Lipinski definition) is 2. The van der Waals surface area contributed by atoms with Gasteiger partial charge in [-0.1, -0.05) is 95.5 Å². The van der Waals surface area contributed by atoms with Gasteiger partial charge in [0.25, 0.3) is 0 Å².